The number of ether oxygens (including phenoxy) is 1. The van der Waals surface area contributed by atoms with E-state index in [4.69, 9.17) is 10.5 Å². The molecule has 6 heteroatoms. The first-order chi connectivity index (χ1) is 15.0. The number of nitrogens with two attached hydrogens (primary N) is 1. The van der Waals surface area contributed by atoms with Crippen molar-refractivity contribution in [1.82, 2.24) is 0 Å². The number of hydrogen-bond donors (Lipinski definition) is 1. The smallest absolute Gasteiger partial charge is 0.302 e. The average molecular weight is 441 g/mol. The van der Waals surface area contributed by atoms with Crippen LogP contribution in [0.1, 0.15) is 72.6 Å². The van der Waals surface area contributed by atoms with Crippen LogP contribution in [-0.4, -0.2) is 23.8 Å². The molecule has 0 saturated heterocycles. The number of allylic oxidation sites excluding steroid dienone is 1. The van der Waals surface area contributed by atoms with Crippen LogP contribution >= 0.6 is 0 Å². The maximum atomic E-state index is 12.8. The lowest BCUT2D eigenvalue weighted by Gasteiger charge is -2.58. The van der Waals surface area contributed by atoms with E-state index in [-0.39, 0.29) is 40.5 Å². The van der Waals surface area contributed by atoms with Gasteiger partial charge in [0.2, 0.25) is 5.91 Å². The molecule has 6 nitrogen and oxygen atoms in total. The minimum atomic E-state index is -0.908. The van der Waals surface area contributed by atoms with Crippen molar-refractivity contribution in [3.05, 3.63) is 11.6 Å². The number of nitriles is 1. The Labute approximate surface area is 190 Å². The van der Waals surface area contributed by atoms with Crippen molar-refractivity contribution in [2.24, 2.45) is 52.1 Å². The Kier molecular flexibility index (Phi) is 5.76. The van der Waals surface area contributed by atoms with Gasteiger partial charge in [0.05, 0.1) is 6.07 Å². The molecule has 3 fully saturated rings. The molecule has 0 aromatic carbocycles. The van der Waals surface area contributed by atoms with Gasteiger partial charge in [0.25, 0.3) is 0 Å². The number of nitrogens with zero attached hydrogens (tertiary/aromatic N) is 1. The number of carbonyl (C=O) groups is 3. The number of carbonyl (C=O) groups excluding carboxylic acids is 3. The topological polar surface area (TPSA) is 110 Å². The van der Waals surface area contributed by atoms with Crippen molar-refractivity contribution in [3.8, 4) is 6.07 Å². The van der Waals surface area contributed by atoms with Crippen LogP contribution in [0, 0.1) is 57.7 Å². The molecule has 2 N–H and O–H groups in total. The molecule has 0 radical (unpaired) electrons. The highest BCUT2D eigenvalue weighted by Gasteiger charge is 2.63. The number of hydrogen-bond acceptors (Lipinski definition) is 5. The number of ketones is 1. The van der Waals surface area contributed by atoms with E-state index in [0.29, 0.717) is 17.8 Å². The minimum absolute atomic E-state index is 0.0258. The van der Waals surface area contributed by atoms with Gasteiger partial charge in [0.1, 0.15) is 17.8 Å². The maximum absolute atomic E-state index is 12.8. The lowest BCUT2D eigenvalue weighted by molar-refractivity contribution is -0.149. The van der Waals surface area contributed by atoms with E-state index in [1.54, 1.807) is 6.92 Å². The molecule has 0 spiro atoms. The van der Waals surface area contributed by atoms with E-state index in [1.807, 2.05) is 0 Å². The Morgan fingerprint density at radius 2 is 1.91 bits per heavy atom. The monoisotopic (exact) mass is 440 g/mol. The van der Waals surface area contributed by atoms with Gasteiger partial charge in [0.15, 0.2) is 0 Å². The second-order valence-corrected chi connectivity index (χ2v) is 11.3. The van der Waals surface area contributed by atoms with E-state index in [2.05, 4.69) is 26.0 Å². The van der Waals surface area contributed by atoms with E-state index in [1.165, 1.54) is 12.5 Å². The zero-order chi connectivity index (χ0) is 23.4. The van der Waals surface area contributed by atoms with Crippen LogP contribution in [0.25, 0.3) is 0 Å². The molecule has 1 amide bonds. The molecular weight excluding hydrogens is 404 g/mol. The van der Waals surface area contributed by atoms with Crippen molar-refractivity contribution >= 4 is 17.7 Å². The highest BCUT2D eigenvalue weighted by molar-refractivity contribution is 5.84. The van der Waals surface area contributed by atoms with E-state index < -0.39 is 11.8 Å². The quantitative estimate of drug-likeness (QED) is 0.526. The summed E-state index contributed by atoms with van der Waals surface area (Å²) in [6, 6.07) is 2.12. The molecular formula is C26H36N2O4. The molecule has 4 aliphatic carbocycles. The summed E-state index contributed by atoms with van der Waals surface area (Å²) in [5.41, 5.74) is 6.90. The fraction of sp³-hybridized carbons (Fsp3) is 0.769. The highest BCUT2D eigenvalue weighted by Crippen LogP contribution is 2.68. The largest absolute Gasteiger partial charge is 0.462 e. The van der Waals surface area contributed by atoms with Crippen LogP contribution in [0.2, 0.25) is 0 Å². The maximum Gasteiger partial charge on any atom is 0.302 e. The normalized spacial score (nSPS) is 43.5. The molecule has 174 valence electrons. The summed E-state index contributed by atoms with van der Waals surface area (Å²) >= 11 is 0. The van der Waals surface area contributed by atoms with Gasteiger partial charge < -0.3 is 10.5 Å². The van der Waals surface area contributed by atoms with E-state index in [9.17, 15) is 19.6 Å². The van der Waals surface area contributed by atoms with E-state index in [0.717, 1.165) is 44.9 Å². The summed E-state index contributed by atoms with van der Waals surface area (Å²) in [7, 11) is 0. The van der Waals surface area contributed by atoms with Gasteiger partial charge in [0, 0.05) is 19.3 Å². The third-order valence-electron chi connectivity index (χ3n) is 9.81. The first kappa shape index (κ1) is 23.0. The van der Waals surface area contributed by atoms with Crippen LogP contribution < -0.4 is 5.73 Å². The lowest BCUT2D eigenvalue weighted by Crippen LogP contribution is -2.51. The van der Waals surface area contributed by atoms with Gasteiger partial charge in [-0.15, -0.1) is 0 Å². The summed E-state index contributed by atoms with van der Waals surface area (Å²) in [5, 5.41) is 9.68. The van der Waals surface area contributed by atoms with Gasteiger partial charge in [-0.25, -0.2) is 0 Å². The van der Waals surface area contributed by atoms with Crippen molar-refractivity contribution in [2.45, 2.75) is 78.7 Å². The van der Waals surface area contributed by atoms with Gasteiger partial charge in [-0.1, -0.05) is 25.5 Å². The van der Waals surface area contributed by atoms with Crippen molar-refractivity contribution in [1.29, 1.82) is 5.26 Å². The van der Waals surface area contributed by atoms with Crippen LogP contribution in [0.5, 0.6) is 0 Å². The SMILES string of the molecule is CC(=O)OC1CCC2(C)C(=CCC3C2CCC2(C)C3CC(C(C#N)C(N)=O)C2C(C)=O)C1. The van der Waals surface area contributed by atoms with Gasteiger partial charge in [-0.3, -0.25) is 14.4 Å². The predicted molar refractivity (Wildman–Crippen MR) is 119 cm³/mol. The highest BCUT2D eigenvalue weighted by atomic mass is 16.5. The van der Waals surface area contributed by atoms with Crippen LogP contribution in [0.4, 0.5) is 0 Å². The summed E-state index contributed by atoms with van der Waals surface area (Å²) < 4.78 is 5.53. The molecule has 0 aromatic heterocycles. The number of fused-ring (bicyclic) bond motifs is 5. The fourth-order valence-electron chi connectivity index (χ4n) is 8.52. The Hall–Kier alpha value is -2.16. The number of rotatable bonds is 4. The summed E-state index contributed by atoms with van der Waals surface area (Å²) in [5.74, 6) is -0.971. The van der Waals surface area contributed by atoms with Crippen LogP contribution in [0.3, 0.4) is 0 Å². The van der Waals surface area contributed by atoms with Gasteiger partial charge in [-0.05, 0) is 80.0 Å². The first-order valence-corrected chi connectivity index (χ1v) is 12.1. The van der Waals surface area contributed by atoms with Crippen molar-refractivity contribution in [2.75, 3.05) is 0 Å². The zero-order valence-electron chi connectivity index (χ0n) is 19.7. The zero-order valence-corrected chi connectivity index (χ0v) is 19.7. The third kappa shape index (κ3) is 3.40. The molecule has 0 heterocycles. The minimum Gasteiger partial charge on any atom is -0.462 e. The number of Topliss-reactive ketones (excluding diaryl/α,β-unsaturated/α-hetero) is 1. The molecule has 4 rings (SSSR count). The molecule has 0 aromatic rings. The van der Waals surface area contributed by atoms with Crippen molar-refractivity contribution < 1.29 is 19.1 Å². The van der Waals surface area contributed by atoms with Crippen molar-refractivity contribution in [3.63, 3.8) is 0 Å². The van der Waals surface area contributed by atoms with E-state index >= 15 is 0 Å². The van der Waals surface area contributed by atoms with Crippen LogP contribution in [0.15, 0.2) is 11.6 Å². The molecule has 9 unspecified atom stereocenters. The Balaban J connectivity index is 1.65. The summed E-state index contributed by atoms with van der Waals surface area (Å²) in [4.78, 5) is 36.3. The Morgan fingerprint density at radius 3 is 2.50 bits per heavy atom. The molecule has 4 aliphatic rings. The molecule has 0 aliphatic heterocycles. The average Bonchev–Trinajstić information content (AvgIpc) is 3.01. The van der Waals surface area contributed by atoms with Gasteiger partial charge in [-0.2, -0.15) is 5.26 Å². The molecule has 32 heavy (non-hydrogen) atoms. The van der Waals surface area contributed by atoms with Gasteiger partial charge >= 0.3 is 5.97 Å². The second kappa shape index (κ2) is 8.01. The van der Waals surface area contributed by atoms with Crippen LogP contribution in [-0.2, 0) is 19.1 Å². The Morgan fingerprint density at radius 1 is 1.19 bits per heavy atom. The summed E-state index contributed by atoms with van der Waals surface area (Å²) in [6.07, 6.45) is 8.71. The summed E-state index contributed by atoms with van der Waals surface area (Å²) in [6.45, 7) is 7.68. The second-order valence-electron chi connectivity index (χ2n) is 11.3. The predicted octanol–water partition coefficient (Wildman–Crippen LogP) is 3.94. The first-order valence-electron chi connectivity index (χ1n) is 12.1. The third-order valence-corrected chi connectivity index (χ3v) is 9.81. The number of esters is 1. The number of amides is 1. The molecule has 0 bridgehead atoms. The standard InChI is InChI=1S/C26H36N2O4/c1-14(29)23-19(20(13-27)24(28)31)12-22-18-6-5-16-11-17(32-15(2)30)7-9-25(16,3)21(18)8-10-26(22,23)4/h5,17-23H,6-12H2,1-4H3,(H2,28,31). The lowest BCUT2D eigenvalue weighted by atomic mass is 9.47. The molecule has 3 saturated carbocycles. The number of primary amides is 1. The molecule has 9 atom stereocenters. The Bertz CT molecular complexity index is 904. The fourth-order valence-corrected chi connectivity index (χ4v) is 8.52.